The van der Waals surface area contributed by atoms with E-state index < -0.39 is 0 Å². The molecule has 1 aromatic heterocycles. The summed E-state index contributed by atoms with van der Waals surface area (Å²) in [5.41, 5.74) is 1.72. The fourth-order valence-corrected chi connectivity index (χ4v) is 4.47. The van der Waals surface area contributed by atoms with Gasteiger partial charge in [0.1, 0.15) is 0 Å². The first-order valence-corrected chi connectivity index (χ1v) is 9.73. The first kappa shape index (κ1) is 16.2. The molecule has 0 radical (unpaired) electrons. The molecule has 0 bridgehead atoms. The van der Waals surface area contributed by atoms with Gasteiger partial charge in [-0.05, 0) is 37.8 Å². The van der Waals surface area contributed by atoms with E-state index in [0.717, 1.165) is 56.5 Å². The van der Waals surface area contributed by atoms with Crippen LogP contribution in [0, 0.1) is 5.41 Å². The van der Waals surface area contributed by atoms with Gasteiger partial charge in [0.25, 0.3) is 0 Å². The summed E-state index contributed by atoms with van der Waals surface area (Å²) in [4.78, 5) is 20.2. The molecule has 5 rings (SSSR count). The monoisotopic (exact) mass is 351 g/mol. The molecule has 2 saturated heterocycles. The van der Waals surface area contributed by atoms with Crippen LogP contribution in [0.5, 0.6) is 0 Å². The molecule has 3 aliphatic rings. The maximum absolute atomic E-state index is 13.0. The predicted molar refractivity (Wildman–Crippen MR) is 99.6 cm³/mol. The van der Waals surface area contributed by atoms with E-state index in [0.29, 0.717) is 12.6 Å². The van der Waals surface area contributed by atoms with Crippen LogP contribution in [-0.4, -0.2) is 47.6 Å². The number of hydrogen-bond donors (Lipinski definition) is 1. The molecular formula is C21H25N3O2. The molecule has 0 spiro atoms. The molecule has 3 fully saturated rings. The minimum Gasteiger partial charge on any atom is -0.377 e. The zero-order valence-electron chi connectivity index (χ0n) is 15.0. The van der Waals surface area contributed by atoms with E-state index in [1.165, 1.54) is 5.39 Å². The number of benzene rings is 1. The summed E-state index contributed by atoms with van der Waals surface area (Å²) < 4.78 is 5.94. The van der Waals surface area contributed by atoms with Crippen molar-refractivity contribution in [2.45, 2.75) is 44.4 Å². The van der Waals surface area contributed by atoms with Crippen molar-refractivity contribution in [2.24, 2.45) is 5.41 Å². The van der Waals surface area contributed by atoms with Crippen molar-refractivity contribution in [3.63, 3.8) is 0 Å². The van der Waals surface area contributed by atoms with Crippen molar-refractivity contribution < 1.29 is 9.53 Å². The van der Waals surface area contributed by atoms with Crippen molar-refractivity contribution in [1.82, 2.24) is 15.2 Å². The Morgan fingerprint density at radius 1 is 1.23 bits per heavy atom. The van der Waals surface area contributed by atoms with Gasteiger partial charge in [-0.3, -0.25) is 14.7 Å². The van der Waals surface area contributed by atoms with Gasteiger partial charge in [0.05, 0.1) is 22.7 Å². The maximum Gasteiger partial charge on any atom is 0.230 e. The van der Waals surface area contributed by atoms with Crippen LogP contribution in [0.2, 0.25) is 0 Å². The Labute approximate surface area is 153 Å². The second-order valence-electron chi connectivity index (χ2n) is 8.01. The largest absolute Gasteiger partial charge is 0.377 e. The second-order valence-corrected chi connectivity index (χ2v) is 8.01. The summed E-state index contributed by atoms with van der Waals surface area (Å²) in [6.45, 7) is 3.21. The number of amides is 1. The summed E-state index contributed by atoms with van der Waals surface area (Å²) >= 11 is 0. The number of ether oxygens (including phenoxy) is 1. The fraction of sp³-hybridized carbons (Fsp3) is 0.524. The SMILES string of the molecule is O=C(NC1CC1)[C@]12CCO[C@H]1CCN(Cc1ccc3ccccc3n1)C2. The lowest BCUT2D eigenvalue weighted by Crippen LogP contribution is -2.57. The van der Waals surface area contributed by atoms with Gasteiger partial charge in [0.15, 0.2) is 0 Å². The Morgan fingerprint density at radius 2 is 2.12 bits per heavy atom. The quantitative estimate of drug-likeness (QED) is 0.920. The first-order valence-electron chi connectivity index (χ1n) is 9.73. The molecule has 2 aromatic rings. The third-order valence-electron chi connectivity index (χ3n) is 6.10. The zero-order chi connectivity index (χ0) is 17.6. The van der Waals surface area contributed by atoms with Crippen LogP contribution in [0.25, 0.3) is 10.9 Å². The number of piperidine rings is 1. The van der Waals surface area contributed by atoms with E-state index in [2.05, 4.69) is 34.5 Å². The van der Waals surface area contributed by atoms with Gasteiger partial charge < -0.3 is 10.1 Å². The second kappa shape index (κ2) is 6.32. The number of fused-ring (bicyclic) bond motifs is 2. The highest BCUT2D eigenvalue weighted by Crippen LogP contribution is 2.42. The maximum atomic E-state index is 13.0. The molecule has 2 atom stereocenters. The molecule has 5 nitrogen and oxygen atoms in total. The first-order chi connectivity index (χ1) is 12.7. The molecule has 1 amide bonds. The van der Waals surface area contributed by atoms with Crippen molar-refractivity contribution in [2.75, 3.05) is 19.7 Å². The van der Waals surface area contributed by atoms with Gasteiger partial charge in [-0.25, -0.2) is 0 Å². The minimum atomic E-state index is -0.377. The fourth-order valence-electron chi connectivity index (χ4n) is 4.47. The summed E-state index contributed by atoms with van der Waals surface area (Å²) in [5, 5.41) is 4.40. The molecule has 1 saturated carbocycles. The molecule has 3 heterocycles. The average Bonchev–Trinajstić information content (AvgIpc) is 3.37. The highest BCUT2D eigenvalue weighted by atomic mass is 16.5. The van der Waals surface area contributed by atoms with Gasteiger partial charge >= 0.3 is 0 Å². The molecular weight excluding hydrogens is 326 g/mol. The average molecular weight is 351 g/mol. The van der Waals surface area contributed by atoms with Crippen LogP contribution in [0.15, 0.2) is 36.4 Å². The summed E-state index contributed by atoms with van der Waals surface area (Å²) in [7, 11) is 0. The molecule has 2 aliphatic heterocycles. The Hall–Kier alpha value is -1.98. The highest BCUT2D eigenvalue weighted by Gasteiger charge is 2.53. The van der Waals surface area contributed by atoms with E-state index in [1.807, 2.05) is 12.1 Å². The Morgan fingerprint density at radius 3 is 3.00 bits per heavy atom. The number of carbonyl (C=O) groups excluding carboxylic acids is 1. The lowest BCUT2D eigenvalue weighted by Gasteiger charge is -2.42. The summed E-state index contributed by atoms with van der Waals surface area (Å²) in [5.74, 6) is 0.207. The number of rotatable bonds is 4. The third-order valence-corrected chi connectivity index (χ3v) is 6.10. The summed E-state index contributed by atoms with van der Waals surface area (Å²) in [6, 6.07) is 12.9. The number of nitrogens with one attached hydrogen (secondary N) is 1. The van der Waals surface area contributed by atoms with E-state index in [-0.39, 0.29) is 17.4 Å². The van der Waals surface area contributed by atoms with Crippen molar-refractivity contribution in [3.8, 4) is 0 Å². The lowest BCUT2D eigenvalue weighted by atomic mass is 9.75. The Kier molecular flexibility index (Phi) is 3.94. The van der Waals surface area contributed by atoms with Crippen molar-refractivity contribution in [1.29, 1.82) is 0 Å². The van der Waals surface area contributed by atoms with Crippen LogP contribution in [0.3, 0.4) is 0 Å². The molecule has 1 aliphatic carbocycles. The van der Waals surface area contributed by atoms with Crippen LogP contribution in [-0.2, 0) is 16.1 Å². The van der Waals surface area contributed by atoms with E-state index in [1.54, 1.807) is 0 Å². The number of para-hydroxylation sites is 1. The topological polar surface area (TPSA) is 54.5 Å². The van der Waals surface area contributed by atoms with Crippen molar-refractivity contribution >= 4 is 16.8 Å². The smallest absolute Gasteiger partial charge is 0.230 e. The van der Waals surface area contributed by atoms with E-state index in [4.69, 9.17) is 9.72 Å². The number of aromatic nitrogens is 1. The lowest BCUT2D eigenvalue weighted by molar-refractivity contribution is -0.139. The van der Waals surface area contributed by atoms with Crippen LogP contribution in [0.1, 0.15) is 31.4 Å². The van der Waals surface area contributed by atoms with Gasteiger partial charge in [-0.2, -0.15) is 0 Å². The number of likely N-dealkylation sites (tertiary alicyclic amines) is 1. The standard InChI is InChI=1S/C21H25N3O2/c25-20(23-16-7-8-16)21-10-12-26-19(21)9-11-24(14-21)13-17-6-5-15-3-1-2-4-18(15)22-17/h1-6,16,19H,7-14H2,(H,23,25)/t19-,21-/m0/s1. The van der Waals surface area contributed by atoms with Crippen molar-refractivity contribution in [3.05, 3.63) is 42.1 Å². The number of nitrogens with zero attached hydrogens (tertiary/aromatic N) is 2. The van der Waals surface area contributed by atoms with Gasteiger partial charge in [0, 0.05) is 37.7 Å². The molecule has 1 N–H and O–H groups in total. The van der Waals surface area contributed by atoms with E-state index in [9.17, 15) is 4.79 Å². The molecule has 136 valence electrons. The van der Waals surface area contributed by atoms with E-state index >= 15 is 0 Å². The highest BCUT2D eigenvalue weighted by molar-refractivity contribution is 5.84. The van der Waals surface area contributed by atoms with Gasteiger partial charge in [-0.1, -0.05) is 24.3 Å². The number of carbonyl (C=O) groups is 1. The molecule has 5 heteroatoms. The van der Waals surface area contributed by atoms with Gasteiger partial charge in [-0.15, -0.1) is 0 Å². The van der Waals surface area contributed by atoms with Crippen LogP contribution < -0.4 is 5.32 Å². The number of pyridine rings is 1. The zero-order valence-corrected chi connectivity index (χ0v) is 15.0. The summed E-state index contributed by atoms with van der Waals surface area (Å²) in [6.07, 6.45) is 4.07. The number of hydrogen-bond acceptors (Lipinski definition) is 4. The molecule has 0 unspecified atom stereocenters. The predicted octanol–water partition coefficient (Wildman–Crippen LogP) is 2.49. The third kappa shape index (κ3) is 2.89. The minimum absolute atomic E-state index is 0.0714. The molecule has 1 aromatic carbocycles. The Balaban J connectivity index is 1.35. The van der Waals surface area contributed by atoms with Crippen LogP contribution in [0.4, 0.5) is 0 Å². The van der Waals surface area contributed by atoms with Crippen LogP contribution >= 0.6 is 0 Å². The normalized spacial score (nSPS) is 28.8. The molecule has 26 heavy (non-hydrogen) atoms. The van der Waals surface area contributed by atoms with Gasteiger partial charge in [0.2, 0.25) is 5.91 Å². The Bertz CT molecular complexity index is 835.